The number of rotatable bonds is 7. The Morgan fingerprint density at radius 3 is 2.55 bits per heavy atom. The number of benzene rings is 1. The monoisotopic (exact) mass is 303 g/mol. The van der Waals surface area contributed by atoms with Gasteiger partial charge in [-0.05, 0) is 31.2 Å². The molecule has 0 spiro atoms. The summed E-state index contributed by atoms with van der Waals surface area (Å²) in [5.41, 5.74) is 2.43. The molecule has 1 unspecified atom stereocenters. The molecule has 122 valence electrons. The Morgan fingerprint density at radius 2 is 1.91 bits per heavy atom. The van der Waals surface area contributed by atoms with Crippen LogP contribution in [0, 0.1) is 12.8 Å². The number of nitrogens with one attached hydrogen (secondary N) is 1. The molecule has 3 heteroatoms. The van der Waals surface area contributed by atoms with E-state index in [9.17, 15) is 9.90 Å². The first-order valence-electron chi connectivity index (χ1n) is 8.63. The predicted molar refractivity (Wildman–Crippen MR) is 89.7 cm³/mol. The second-order valence-electron chi connectivity index (χ2n) is 6.67. The number of carbonyl (C=O) groups is 1. The molecule has 1 aromatic carbocycles. The molecule has 0 heterocycles. The lowest BCUT2D eigenvalue weighted by Crippen LogP contribution is -2.39. The highest BCUT2D eigenvalue weighted by Crippen LogP contribution is 2.27. The summed E-state index contributed by atoms with van der Waals surface area (Å²) in [5, 5.41) is 12.5. The zero-order valence-electron chi connectivity index (χ0n) is 13.7. The summed E-state index contributed by atoms with van der Waals surface area (Å²) in [6.07, 6.45) is 8.59. The molecule has 1 saturated carbocycles. The van der Waals surface area contributed by atoms with Gasteiger partial charge in [-0.25, -0.2) is 0 Å². The van der Waals surface area contributed by atoms with Gasteiger partial charge >= 0.3 is 0 Å². The topological polar surface area (TPSA) is 49.3 Å². The van der Waals surface area contributed by atoms with E-state index in [1.165, 1.54) is 43.2 Å². The van der Waals surface area contributed by atoms with Gasteiger partial charge in [-0.3, -0.25) is 4.79 Å². The number of hydrogen-bond donors (Lipinski definition) is 2. The van der Waals surface area contributed by atoms with Crippen molar-refractivity contribution in [3.63, 3.8) is 0 Å². The van der Waals surface area contributed by atoms with Crippen LogP contribution in [0.1, 0.15) is 56.1 Å². The Hall–Kier alpha value is -1.35. The van der Waals surface area contributed by atoms with Crippen LogP contribution in [0.4, 0.5) is 0 Å². The molecule has 1 fully saturated rings. The molecule has 1 aromatic rings. The molecule has 0 radical (unpaired) electrons. The Morgan fingerprint density at radius 1 is 1.23 bits per heavy atom. The molecule has 2 rings (SSSR count). The Kier molecular flexibility index (Phi) is 6.91. The zero-order chi connectivity index (χ0) is 15.8. The van der Waals surface area contributed by atoms with Crippen LogP contribution in [0.5, 0.6) is 0 Å². The summed E-state index contributed by atoms with van der Waals surface area (Å²) in [5.74, 6) is 0.721. The molecule has 2 N–H and O–H groups in total. The van der Waals surface area contributed by atoms with Crippen molar-refractivity contribution in [2.75, 3.05) is 6.61 Å². The van der Waals surface area contributed by atoms with Crippen molar-refractivity contribution >= 4 is 5.91 Å². The van der Waals surface area contributed by atoms with E-state index >= 15 is 0 Å². The third kappa shape index (κ3) is 5.80. The third-order valence-corrected chi connectivity index (χ3v) is 4.69. The lowest BCUT2D eigenvalue weighted by Gasteiger charge is -2.26. The largest absolute Gasteiger partial charge is 0.394 e. The van der Waals surface area contributed by atoms with Crippen molar-refractivity contribution < 1.29 is 9.90 Å². The molecule has 3 nitrogen and oxygen atoms in total. The van der Waals surface area contributed by atoms with Gasteiger partial charge in [-0.1, -0.05) is 61.9 Å². The molecule has 0 saturated heterocycles. The molecule has 0 aromatic heterocycles. The SMILES string of the molecule is Cc1ccc(CCC(=O)NC(CO)CC2CCCCC2)cc1. The number of hydrogen-bond acceptors (Lipinski definition) is 2. The average molecular weight is 303 g/mol. The van der Waals surface area contributed by atoms with E-state index in [4.69, 9.17) is 0 Å². The van der Waals surface area contributed by atoms with Gasteiger partial charge in [0.25, 0.3) is 0 Å². The fourth-order valence-corrected chi connectivity index (χ4v) is 3.32. The second-order valence-corrected chi connectivity index (χ2v) is 6.67. The Labute approximate surface area is 134 Å². The number of aryl methyl sites for hydroxylation is 2. The zero-order valence-corrected chi connectivity index (χ0v) is 13.7. The molecule has 1 aliphatic carbocycles. The van der Waals surface area contributed by atoms with Gasteiger partial charge in [0.15, 0.2) is 0 Å². The Balaban J connectivity index is 1.72. The average Bonchev–Trinajstić information content (AvgIpc) is 2.54. The minimum atomic E-state index is -0.0754. The highest BCUT2D eigenvalue weighted by molar-refractivity contribution is 5.76. The van der Waals surface area contributed by atoms with E-state index in [2.05, 4.69) is 36.5 Å². The molecule has 1 amide bonds. The van der Waals surface area contributed by atoms with E-state index in [1.54, 1.807) is 0 Å². The smallest absolute Gasteiger partial charge is 0.220 e. The highest BCUT2D eigenvalue weighted by atomic mass is 16.3. The van der Waals surface area contributed by atoms with Crippen LogP contribution in [0.25, 0.3) is 0 Å². The van der Waals surface area contributed by atoms with Crippen molar-refractivity contribution in [2.45, 2.75) is 64.3 Å². The first-order chi connectivity index (χ1) is 10.7. The fourth-order valence-electron chi connectivity index (χ4n) is 3.32. The van der Waals surface area contributed by atoms with E-state index in [1.807, 2.05) is 0 Å². The molecule has 0 bridgehead atoms. The first-order valence-corrected chi connectivity index (χ1v) is 8.63. The van der Waals surface area contributed by atoms with Gasteiger partial charge in [-0.2, -0.15) is 0 Å². The third-order valence-electron chi connectivity index (χ3n) is 4.69. The van der Waals surface area contributed by atoms with Crippen LogP contribution in [0.2, 0.25) is 0 Å². The molecular formula is C19H29NO2. The van der Waals surface area contributed by atoms with Gasteiger partial charge in [0.2, 0.25) is 5.91 Å². The number of amides is 1. The normalized spacial score (nSPS) is 17.2. The minimum Gasteiger partial charge on any atom is -0.394 e. The summed E-state index contributed by atoms with van der Waals surface area (Å²) in [6, 6.07) is 8.23. The van der Waals surface area contributed by atoms with Gasteiger partial charge in [-0.15, -0.1) is 0 Å². The highest BCUT2D eigenvalue weighted by Gasteiger charge is 2.19. The summed E-state index contributed by atoms with van der Waals surface area (Å²) >= 11 is 0. The van der Waals surface area contributed by atoms with Crippen LogP contribution in [0.15, 0.2) is 24.3 Å². The standard InChI is InChI=1S/C19H29NO2/c1-15-7-9-16(10-8-15)11-12-19(22)20-18(14-21)13-17-5-3-2-4-6-17/h7-10,17-18,21H,2-6,11-14H2,1H3,(H,20,22). The minimum absolute atomic E-state index is 0.0484. The molecular weight excluding hydrogens is 274 g/mol. The lowest BCUT2D eigenvalue weighted by molar-refractivity contribution is -0.122. The van der Waals surface area contributed by atoms with Crippen molar-refractivity contribution in [3.8, 4) is 0 Å². The quantitative estimate of drug-likeness (QED) is 0.811. The van der Waals surface area contributed by atoms with E-state index < -0.39 is 0 Å². The Bertz CT molecular complexity index is 449. The molecule has 0 aliphatic heterocycles. The van der Waals surface area contributed by atoms with Crippen molar-refractivity contribution in [1.29, 1.82) is 0 Å². The van der Waals surface area contributed by atoms with Crippen LogP contribution in [0.3, 0.4) is 0 Å². The fraction of sp³-hybridized carbons (Fsp3) is 0.632. The van der Waals surface area contributed by atoms with Crippen LogP contribution >= 0.6 is 0 Å². The van der Waals surface area contributed by atoms with Crippen molar-refractivity contribution in [2.24, 2.45) is 5.92 Å². The summed E-state index contributed by atoms with van der Waals surface area (Å²) in [7, 11) is 0. The van der Waals surface area contributed by atoms with Crippen molar-refractivity contribution in [1.82, 2.24) is 5.32 Å². The summed E-state index contributed by atoms with van der Waals surface area (Å²) in [4.78, 5) is 12.1. The summed E-state index contributed by atoms with van der Waals surface area (Å²) < 4.78 is 0. The second kappa shape index (κ2) is 8.94. The van der Waals surface area contributed by atoms with Crippen LogP contribution < -0.4 is 5.32 Å². The molecule has 1 atom stereocenters. The number of aliphatic hydroxyl groups is 1. The number of carbonyl (C=O) groups excluding carboxylic acids is 1. The maximum Gasteiger partial charge on any atom is 0.220 e. The van der Waals surface area contributed by atoms with Gasteiger partial charge in [0.05, 0.1) is 12.6 Å². The van der Waals surface area contributed by atoms with Gasteiger partial charge in [0, 0.05) is 6.42 Å². The lowest BCUT2D eigenvalue weighted by atomic mass is 9.85. The predicted octanol–water partition coefficient (Wildman–Crippen LogP) is 3.38. The molecule has 22 heavy (non-hydrogen) atoms. The first kappa shape index (κ1) is 17.0. The van der Waals surface area contributed by atoms with E-state index in [0.717, 1.165) is 12.8 Å². The van der Waals surface area contributed by atoms with E-state index in [-0.39, 0.29) is 18.6 Å². The van der Waals surface area contributed by atoms with Crippen molar-refractivity contribution in [3.05, 3.63) is 35.4 Å². The van der Waals surface area contributed by atoms with Gasteiger partial charge < -0.3 is 10.4 Å². The van der Waals surface area contributed by atoms with Crippen LogP contribution in [-0.4, -0.2) is 23.7 Å². The maximum atomic E-state index is 12.1. The molecule has 1 aliphatic rings. The van der Waals surface area contributed by atoms with E-state index in [0.29, 0.717) is 12.3 Å². The van der Waals surface area contributed by atoms with Crippen LogP contribution in [-0.2, 0) is 11.2 Å². The van der Waals surface area contributed by atoms with Gasteiger partial charge in [0.1, 0.15) is 0 Å². The summed E-state index contributed by atoms with van der Waals surface area (Å²) in [6.45, 7) is 2.11. The number of aliphatic hydroxyl groups excluding tert-OH is 1. The maximum absolute atomic E-state index is 12.1.